The van der Waals surface area contributed by atoms with Crippen molar-refractivity contribution in [1.29, 1.82) is 0 Å². The van der Waals surface area contributed by atoms with E-state index in [1.165, 1.54) is 6.92 Å². The Morgan fingerprint density at radius 1 is 1.65 bits per heavy atom. The van der Waals surface area contributed by atoms with E-state index in [2.05, 4.69) is 11.9 Å². The molecule has 0 saturated heterocycles. The van der Waals surface area contributed by atoms with E-state index in [0.29, 0.717) is 13.0 Å². The third kappa shape index (κ3) is 4.43. The van der Waals surface area contributed by atoms with Crippen molar-refractivity contribution < 1.29 is 18.8 Å². The minimum Gasteiger partial charge on any atom is -0.368 e. The molecule has 0 aromatic heterocycles. The number of rotatable bonds is 7. The molecule has 20 heavy (non-hydrogen) atoms. The van der Waals surface area contributed by atoms with Gasteiger partial charge in [-0.2, -0.15) is 0 Å². The zero-order valence-electron chi connectivity index (χ0n) is 11.0. The number of amides is 1. The van der Waals surface area contributed by atoms with Crippen molar-refractivity contribution in [2.24, 2.45) is 0 Å². The molecule has 0 fully saturated rings. The molecule has 0 spiro atoms. The summed E-state index contributed by atoms with van der Waals surface area (Å²) in [6.07, 6.45) is 1.43. The molecule has 0 aliphatic heterocycles. The van der Waals surface area contributed by atoms with Gasteiger partial charge in [0.25, 0.3) is 11.6 Å². The first-order valence-corrected chi connectivity index (χ1v) is 5.93. The smallest absolute Gasteiger partial charge is 0.271 e. The lowest BCUT2D eigenvalue weighted by Gasteiger charge is -2.13. The van der Waals surface area contributed by atoms with Crippen LogP contribution in [0.15, 0.2) is 30.9 Å². The Labute approximate surface area is 115 Å². The highest BCUT2D eigenvalue weighted by atomic mass is 19.1. The molecule has 0 saturated carbocycles. The molecule has 1 amide bonds. The summed E-state index contributed by atoms with van der Waals surface area (Å²) in [7, 11) is 0. The van der Waals surface area contributed by atoms with Gasteiger partial charge in [0.1, 0.15) is 11.9 Å². The van der Waals surface area contributed by atoms with Crippen LogP contribution in [0.2, 0.25) is 0 Å². The number of benzene rings is 1. The SMILES string of the molecule is C=CCCOC(C)C(=O)Nc1cc([N+](=O)[O-])ccc1F. The molecule has 7 heteroatoms. The number of nitro groups is 1. The Morgan fingerprint density at radius 3 is 2.95 bits per heavy atom. The maximum atomic E-state index is 13.5. The van der Waals surface area contributed by atoms with Crippen LogP contribution in [0.5, 0.6) is 0 Å². The topological polar surface area (TPSA) is 81.5 Å². The molecular formula is C13H15FN2O4. The van der Waals surface area contributed by atoms with Crippen molar-refractivity contribution in [3.05, 3.63) is 46.8 Å². The molecule has 0 bridgehead atoms. The monoisotopic (exact) mass is 282 g/mol. The molecule has 1 aromatic rings. The number of carbonyl (C=O) groups is 1. The van der Waals surface area contributed by atoms with Crippen molar-refractivity contribution in [1.82, 2.24) is 0 Å². The Balaban J connectivity index is 2.71. The average molecular weight is 282 g/mol. The second kappa shape index (κ2) is 7.34. The summed E-state index contributed by atoms with van der Waals surface area (Å²) in [4.78, 5) is 21.7. The van der Waals surface area contributed by atoms with E-state index in [1.54, 1.807) is 6.08 Å². The lowest BCUT2D eigenvalue weighted by molar-refractivity contribution is -0.384. The van der Waals surface area contributed by atoms with Crippen LogP contribution in [0.1, 0.15) is 13.3 Å². The van der Waals surface area contributed by atoms with Crippen LogP contribution in [-0.2, 0) is 9.53 Å². The van der Waals surface area contributed by atoms with Gasteiger partial charge in [0, 0.05) is 12.1 Å². The van der Waals surface area contributed by atoms with E-state index in [1.807, 2.05) is 0 Å². The molecule has 1 N–H and O–H groups in total. The highest BCUT2D eigenvalue weighted by Gasteiger charge is 2.17. The van der Waals surface area contributed by atoms with Crippen LogP contribution in [0.25, 0.3) is 0 Å². The Hall–Kier alpha value is -2.28. The van der Waals surface area contributed by atoms with Crippen LogP contribution >= 0.6 is 0 Å². The maximum absolute atomic E-state index is 13.5. The molecule has 1 unspecified atom stereocenters. The van der Waals surface area contributed by atoms with Crippen molar-refractivity contribution in [3.63, 3.8) is 0 Å². The highest BCUT2D eigenvalue weighted by molar-refractivity contribution is 5.94. The predicted octanol–water partition coefficient (Wildman–Crippen LogP) is 2.65. The van der Waals surface area contributed by atoms with Gasteiger partial charge in [-0.15, -0.1) is 6.58 Å². The fourth-order valence-electron chi connectivity index (χ4n) is 1.36. The zero-order valence-corrected chi connectivity index (χ0v) is 11.0. The number of ether oxygens (including phenoxy) is 1. The van der Waals surface area contributed by atoms with E-state index < -0.39 is 22.8 Å². The van der Waals surface area contributed by atoms with Crippen LogP contribution in [-0.4, -0.2) is 23.5 Å². The van der Waals surface area contributed by atoms with Gasteiger partial charge in [-0.1, -0.05) is 6.08 Å². The van der Waals surface area contributed by atoms with Gasteiger partial charge in [0.2, 0.25) is 0 Å². The number of nitro benzene ring substituents is 1. The molecule has 0 aliphatic carbocycles. The number of non-ortho nitro benzene ring substituents is 1. The minimum absolute atomic E-state index is 0.247. The number of hydrogen-bond donors (Lipinski definition) is 1. The third-order valence-corrected chi connectivity index (χ3v) is 2.48. The number of halogens is 1. The minimum atomic E-state index is -0.798. The van der Waals surface area contributed by atoms with Gasteiger partial charge in [-0.05, 0) is 19.4 Å². The van der Waals surface area contributed by atoms with Crippen LogP contribution in [0.3, 0.4) is 0 Å². The molecular weight excluding hydrogens is 267 g/mol. The summed E-state index contributed by atoms with van der Waals surface area (Å²) in [5.74, 6) is -1.32. The van der Waals surface area contributed by atoms with Gasteiger partial charge in [-0.3, -0.25) is 14.9 Å². The Bertz CT molecular complexity index is 519. The summed E-state index contributed by atoms with van der Waals surface area (Å²) in [6.45, 7) is 5.34. The van der Waals surface area contributed by atoms with Crippen molar-refractivity contribution in [2.45, 2.75) is 19.4 Å². The first kappa shape index (κ1) is 15.8. The molecule has 108 valence electrons. The average Bonchev–Trinajstić information content (AvgIpc) is 2.41. The largest absolute Gasteiger partial charge is 0.368 e. The van der Waals surface area contributed by atoms with E-state index in [0.717, 1.165) is 18.2 Å². The van der Waals surface area contributed by atoms with Gasteiger partial charge >= 0.3 is 0 Å². The van der Waals surface area contributed by atoms with Crippen LogP contribution in [0, 0.1) is 15.9 Å². The van der Waals surface area contributed by atoms with Crippen LogP contribution < -0.4 is 5.32 Å². The predicted molar refractivity (Wildman–Crippen MR) is 71.9 cm³/mol. The highest BCUT2D eigenvalue weighted by Crippen LogP contribution is 2.21. The van der Waals surface area contributed by atoms with Gasteiger partial charge in [-0.25, -0.2) is 4.39 Å². The van der Waals surface area contributed by atoms with E-state index in [-0.39, 0.29) is 11.4 Å². The Kier molecular flexibility index (Phi) is 5.79. The van der Waals surface area contributed by atoms with Gasteiger partial charge in [0.15, 0.2) is 0 Å². The lowest BCUT2D eigenvalue weighted by atomic mass is 10.2. The molecule has 6 nitrogen and oxygen atoms in total. The number of anilines is 1. The fourth-order valence-corrected chi connectivity index (χ4v) is 1.36. The molecule has 1 aromatic carbocycles. The van der Waals surface area contributed by atoms with E-state index in [4.69, 9.17) is 4.74 Å². The molecule has 0 aliphatic rings. The Morgan fingerprint density at radius 2 is 2.35 bits per heavy atom. The van der Waals surface area contributed by atoms with E-state index >= 15 is 0 Å². The quantitative estimate of drug-likeness (QED) is 0.361. The summed E-state index contributed by atoms with van der Waals surface area (Å²) in [6, 6.07) is 2.91. The van der Waals surface area contributed by atoms with Gasteiger partial charge < -0.3 is 10.1 Å². The number of nitrogens with one attached hydrogen (secondary N) is 1. The number of carbonyl (C=O) groups excluding carboxylic acids is 1. The lowest BCUT2D eigenvalue weighted by Crippen LogP contribution is -2.28. The van der Waals surface area contributed by atoms with Crippen molar-refractivity contribution >= 4 is 17.3 Å². The second-order valence-corrected chi connectivity index (χ2v) is 4.00. The summed E-state index contributed by atoms with van der Waals surface area (Å²) < 4.78 is 18.7. The first-order chi connectivity index (χ1) is 9.45. The normalized spacial score (nSPS) is 11.7. The summed E-state index contributed by atoms with van der Waals surface area (Å²) >= 11 is 0. The zero-order chi connectivity index (χ0) is 15.1. The van der Waals surface area contributed by atoms with Gasteiger partial charge in [0.05, 0.1) is 17.2 Å². The summed E-state index contributed by atoms with van der Waals surface area (Å²) in [5, 5.41) is 12.9. The first-order valence-electron chi connectivity index (χ1n) is 5.93. The van der Waals surface area contributed by atoms with E-state index in [9.17, 15) is 19.3 Å². The third-order valence-electron chi connectivity index (χ3n) is 2.48. The molecule has 1 rings (SSSR count). The molecule has 1 atom stereocenters. The van der Waals surface area contributed by atoms with Crippen molar-refractivity contribution in [2.75, 3.05) is 11.9 Å². The van der Waals surface area contributed by atoms with Crippen molar-refractivity contribution in [3.8, 4) is 0 Å². The maximum Gasteiger partial charge on any atom is 0.271 e. The second-order valence-electron chi connectivity index (χ2n) is 4.00. The standard InChI is InChI=1S/C13H15FN2O4/c1-3-4-7-20-9(2)13(17)15-12-8-10(16(18)19)5-6-11(12)14/h3,5-6,8-9H,1,4,7H2,2H3,(H,15,17). The molecule has 0 heterocycles. The summed E-state index contributed by atoms with van der Waals surface area (Å²) in [5.41, 5.74) is -0.551. The number of hydrogen-bond acceptors (Lipinski definition) is 4. The van der Waals surface area contributed by atoms with Crippen LogP contribution in [0.4, 0.5) is 15.8 Å². The number of nitrogens with zero attached hydrogens (tertiary/aromatic N) is 1. The fraction of sp³-hybridized carbons (Fsp3) is 0.308. The molecule has 0 radical (unpaired) electrons.